The summed E-state index contributed by atoms with van der Waals surface area (Å²) in [7, 11) is 0. The van der Waals surface area contributed by atoms with Crippen molar-refractivity contribution >= 4 is 23.2 Å². The molecular formula is C14H14Cl2FN3. The van der Waals surface area contributed by atoms with Crippen LogP contribution in [0, 0.1) is 5.82 Å². The lowest BCUT2D eigenvalue weighted by Crippen LogP contribution is -2.27. The molecule has 0 unspecified atom stereocenters. The Morgan fingerprint density at radius 2 is 1.90 bits per heavy atom. The first-order chi connectivity index (χ1) is 9.65. The minimum atomic E-state index is -0.482. The number of nitrogens with one attached hydrogen (secondary N) is 2. The Bertz CT molecular complexity index is 621. The first kappa shape index (κ1) is 13.9. The van der Waals surface area contributed by atoms with Gasteiger partial charge in [-0.25, -0.2) is 9.37 Å². The number of aromatic amines is 1. The molecule has 1 aliphatic rings. The Morgan fingerprint density at radius 1 is 1.15 bits per heavy atom. The van der Waals surface area contributed by atoms with Crippen LogP contribution >= 0.6 is 23.2 Å². The molecule has 0 radical (unpaired) electrons. The number of imidazole rings is 1. The molecule has 2 aromatic rings. The van der Waals surface area contributed by atoms with Crippen LogP contribution in [0.3, 0.4) is 0 Å². The summed E-state index contributed by atoms with van der Waals surface area (Å²) in [6, 6.07) is 2.75. The van der Waals surface area contributed by atoms with Crippen LogP contribution in [-0.4, -0.2) is 23.1 Å². The van der Waals surface area contributed by atoms with E-state index in [-0.39, 0.29) is 5.02 Å². The lowest BCUT2D eigenvalue weighted by atomic mass is 9.98. The van der Waals surface area contributed by atoms with Crippen molar-refractivity contribution in [3.8, 4) is 11.3 Å². The molecule has 0 aliphatic carbocycles. The van der Waals surface area contributed by atoms with Crippen LogP contribution in [0.25, 0.3) is 11.3 Å². The summed E-state index contributed by atoms with van der Waals surface area (Å²) in [5.74, 6) is 0.873. The van der Waals surface area contributed by atoms with Gasteiger partial charge < -0.3 is 10.3 Å². The Morgan fingerprint density at radius 3 is 2.65 bits per heavy atom. The molecule has 0 atom stereocenters. The van der Waals surface area contributed by atoms with Gasteiger partial charge in [0.2, 0.25) is 0 Å². The van der Waals surface area contributed by atoms with Crippen LogP contribution in [0.5, 0.6) is 0 Å². The topological polar surface area (TPSA) is 40.7 Å². The molecule has 1 saturated heterocycles. The van der Waals surface area contributed by atoms with Gasteiger partial charge in [0.05, 0.1) is 21.9 Å². The Labute approximate surface area is 126 Å². The van der Waals surface area contributed by atoms with Gasteiger partial charge in [0.25, 0.3) is 0 Å². The van der Waals surface area contributed by atoms with E-state index in [0.29, 0.717) is 16.5 Å². The number of piperidine rings is 1. The molecule has 2 heterocycles. The summed E-state index contributed by atoms with van der Waals surface area (Å²) in [5.41, 5.74) is 1.31. The maximum atomic E-state index is 13.6. The summed E-state index contributed by atoms with van der Waals surface area (Å²) >= 11 is 11.8. The number of H-pyrrole nitrogens is 1. The van der Waals surface area contributed by atoms with Crippen molar-refractivity contribution in [1.29, 1.82) is 0 Å². The van der Waals surface area contributed by atoms with Crippen LogP contribution < -0.4 is 5.32 Å². The zero-order chi connectivity index (χ0) is 14.1. The molecule has 1 aliphatic heterocycles. The molecular weight excluding hydrogens is 300 g/mol. The van der Waals surface area contributed by atoms with Crippen LogP contribution in [0.15, 0.2) is 18.3 Å². The predicted molar refractivity (Wildman–Crippen MR) is 78.8 cm³/mol. The fourth-order valence-corrected chi connectivity index (χ4v) is 2.99. The maximum absolute atomic E-state index is 13.6. The second-order valence-electron chi connectivity index (χ2n) is 4.95. The molecule has 106 valence electrons. The Kier molecular flexibility index (Phi) is 3.96. The van der Waals surface area contributed by atoms with Gasteiger partial charge >= 0.3 is 0 Å². The van der Waals surface area contributed by atoms with Crippen molar-refractivity contribution in [2.75, 3.05) is 13.1 Å². The van der Waals surface area contributed by atoms with Crippen molar-refractivity contribution in [2.45, 2.75) is 18.8 Å². The zero-order valence-electron chi connectivity index (χ0n) is 10.7. The van der Waals surface area contributed by atoms with Crippen LogP contribution in [0.4, 0.5) is 4.39 Å². The van der Waals surface area contributed by atoms with Gasteiger partial charge in [-0.15, -0.1) is 0 Å². The first-order valence-electron chi connectivity index (χ1n) is 6.55. The van der Waals surface area contributed by atoms with E-state index in [0.717, 1.165) is 37.4 Å². The van der Waals surface area contributed by atoms with E-state index in [2.05, 4.69) is 15.3 Å². The highest BCUT2D eigenvalue weighted by Gasteiger charge is 2.19. The lowest BCUT2D eigenvalue weighted by Gasteiger charge is -2.20. The number of aromatic nitrogens is 2. The van der Waals surface area contributed by atoms with E-state index in [9.17, 15) is 4.39 Å². The number of hydrogen-bond acceptors (Lipinski definition) is 2. The molecule has 1 fully saturated rings. The van der Waals surface area contributed by atoms with Crippen molar-refractivity contribution < 1.29 is 4.39 Å². The molecule has 2 N–H and O–H groups in total. The summed E-state index contributed by atoms with van der Waals surface area (Å²) in [4.78, 5) is 7.67. The third-order valence-electron chi connectivity index (χ3n) is 3.62. The number of benzene rings is 1. The highest BCUT2D eigenvalue weighted by Crippen LogP contribution is 2.32. The van der Waals surface area contributed by atoms with E-state index in [1.165, 1.54) is 12.1 Å². The summed E-state index contributed by atoms with van der Waals surface area (Å²) in [5, 5.41) is 3.76. The second-order valence-corrected chi connectivity index (χ2v) is 5.77. The van der Waals surface area contributed by atoms with Gasteiger partial charge in [-0.2, -0.15) is 0 Å². The third-order valence-corrected chi connectivity index (χ3v) is 4.22. The van der Waals surface area contributed by atoms with Crippen LogP contribution in [0.1, 0.15) is 24.6 Å². The normalized spacial score (nSPS) is 16.6. The quantitative estimate of drug-likeness (QED) is 0.823. The molecule has 0 bridgehead atoms. The third kappa shape index (κ3) is 2.68. The highest BCUT2D eigenvalue weighted by atomic mass is 35.5. The van der Waals surface area contributed by atoms with Crippen molar-refractivity contribution in [3.63, 3.8) is 0 Å². The first-order valence-corrected chi connectivity index (χ1v) is 7.31. The lowest BCUT2D eigenvalue weighted by molar-refractivity contribution is 0.447. The summed E-state index contributed by atoms with van der Waals surface area (Å²) in [6.45, 7) is 1.99. The van der Waals surface area contributed by atoms with E-state index in [1.54, 1.807) is 6.20 Å². The largest absolute Gasteiger partial charge is 0.342 e. The van der Waals surface area contributed by atoms with E-state index in [4.69, 9.17) is 23.2 Å². The van der Waals surface area contributed by atoms with Crippen molar-refractivity contribution in [1.82, 2.24) is 15.3 Å². The van der Waals surface area contributed by atoms with Crippen molar-refractivity contribution in [2.24, 2.45) is 0 Å². The Balaban J connectivity index is 1.91. The predicted octanol–water partition coefficient (Wildman–Crippen LogP) is 3.99. The van der Waals surface area contributed by atoms with E-state index < -0.39 is 5.82 Å². The van der Waals surface area contributed by atoms with Crippen LogP contribution in [-0.2, 0) is 0 Å². The fourth-order valence-electron chi connectivity index (χ4n) is 2.51. The molecule has 0 saturated carbocycles. The van der Waals surface area contributed by atoms with E-state index in [1.807, 2.05) is 0 Å². The standard InChI is InChI=1S/C14H14Cl2FN3/c15-10-6-11(16)12(17)5-9(10)13-7-19-14(20-13)8-1-3-18-4-2-8/h5-8,18H,1-4H2,(H,19,20). The molecule has 0 amide bonds. The monoisotopic (exact) mass is 313 g/mol. The van der Waals surface area contributed by atoms with Gasteiger partial charge in [-0.1, -0.05) is 23.2 Å². The number of rotatable bonds is 2. The molecule has 3 nitrogen and oxygen atoms in total. The second kappa shape index (κ2) is 5.72. The average molecular weight is 314 g/mol. The molecule has 3 rings (SSSR count). The highest BCUT2D eigenvalue weighted by molar-refractivity contribution is 6.36. The van der Waals surface area contributed by atoms with Crippen molar-refractivity contribution in [3.05, 3.63) is 40.0 Å². The molecule has 6 heteroatoms. The molecule has 20 heavy (non-hydrogen) atoms. The SMILES string of the molecule is Fc1cc(-c2cnc(C3CCNCC3)[nH]2)c(Cl)cc1Cl. The van der Waals surface area contributed by atoms with E-state index >= 15 is 0 Å². The van der Waals surface area contributed by atoms with Crippen LogP contribution in [0.2, 0.25) is 10.0 Å². The Hall–Kier alpha value is -1.10. The number of halogens is 3. The van der Waals surface area contributed by atoms with Gasteiger partial charge in [0.1, 0.15) is 11.6 Å². The van der Waals surface area contributed by atoms with Gasteiger partial charge in [0, 0.05) is 11.5 Å². The maximum Gasteiger partial charge on any atom is 0.142 e. The average Bonchev–Trinajstić information content (AvgIpc) is 2.93. The van der Waals surface area contributed by atoms with Gasteiger partial charge in [-0.05, 0) is 38.1 Å². The van der Waals surface area contributed by atoms with Gasteiger partial charge in [-0.3, -0.25) is 0 Å². The molecule has 1 aromatic carbocycles. The minimum absolute atomic E-state index is 0.0249. The summed E-state index contributed by atoms with van der Waals surface area (Å²) in [6.07, 6.45) is 3.80. The number of hydrogen-bond donors (Lipinski definition) is 2. The van der Waals surface area contributed by atoms with Gasteiger partial charge in [0.15, 0.2) is 0 Å². The smallest absolute Gasteiger partial charge is 0.142 e. The minimum Gasteiger partial charge on any atom is -0.342 e. The summed E-state index contributed by atoms with van der Waals surface area (Å²) < 4.78 is 13.6. The number of nitrogens with zero attached hydrogens (tertiary/aromatic N) is 1. The molecule has 0 spiro atoms. The zero-order valence-corrected chi connectivity index (χ0v) is 12.2. The molecule has 1 aromatic heterocycles. The fraction of sp³-hybridized carbons (Fsp3) is 0.357.